The third kappa shape index (κ3) is 2.58. The molecule has 1 fully saturated rings. The summed E-state index contributed by atoms with van der Waals surface area (Å²) in [5.74, 6) is 2.02. The molecular weight excluding hydrogens is 264 g/mol. The van der Waals surface area contributed by atoms with E-state index >= 15 is 0 Å². The first kappa shape index (κ1) is 12.5. The monoisotopic (exact) mass is 280 g/mol. The van der Waals surface area contributed by atoms with E-state index in [2.05, 4.69) is 4.98 Å². The molecule has 1 aliphatic rings. The Balaban J connectivity index is 1.80. The van der Waals surface area contributed by atoms with Gasteiger partial charge in [0.15, 0.2) is 0 Å². The number of sulfone groups is 1. The largest absolute Gasteiger partial charge is 0.506 e. The lowest BCUT2D eigenvalue weighted by atomic mass is 9.98. The number of pyridine rings is 1. The van der Waals surface area contributed by atoms with Gasteiger partial charge in [-0.1, -0.05) is 0 Å². The Hall–Kier alpha value is -1.56. The summed E-state index contributed by atoms with van der Waals surface area (Å²) in [5.41, 5.74) is 0.941. The molecule has 2 aromatic heterocycles. The fourth-order valence-corrected chi connectivity index (χ4v) is 4.17. The maximum Gasteiger partial charge on any atom is 0.150 e. The van der Waals surface area contributed by atoms with Gasteiger partial charge in [0.25, 0.3) is 0 Å². The minimum Gasteiger partial charge on any atom is -0.506 e. The van der Waals surface area contributed by atoms with Crippen LogP contribution >= 0.6 is 0 Å². The molecule has 6 heteroatoms. The van der Waals surface area contributed by atoms with Crippen molar-refractivity contribution in [2.45, 2.75) is 19.3 Å². The summed E-state index contributed by atoms with van der Waals surface area (Å²) < 4.78 is 24.7. The van der Waals surface area contributed by atoms with Crippen LogP contribution in [-0.2, 0) is 16.3 Å². The molecule has 1 N–H and O–H groups in total. The maximum atomic E-state index is 11.4. The summed E-state index contributed by atoms with van der Waals surface area (Å²) in [7, 11) is -2.81. The lowest BCUT2D eigenvalue weighted by Crippen LogP contribution is -2.25. The Morgan fingerprint density at radius 3 is 2.79 bits per heavy atom. The van der Waals surface area contributed by atoms with Gasteiger partial charge in [0, 0.05) is 6.42 Å². The standard InChI is InChI=1S/C13H16N2O3S/c16-12-2-1-11-8-14-13(15(11)9-12)7-10-3-5-19(17,18)6-4-10/h1-2,8-10,16H,3-7H2. The molecule has 0 amide bonds. The highest BCUT2D eigenvalue weighted by atomic mass is 32.2. The van der Waals surface area contributed by atoms with Crippen LogP contribution in [0.3, 0.4) is 0 Å². The van der Waals surface area contributed by atoms with Crippen LogP contribution in [-0.4, -0.2) is 34.4 Å². The number of hydrogen-bond acceptors (Lipinski definition) is 4. The van der Waals surface area contributed by atoms with E-state index in [0.29, 0.717) is 18.8 Å². The topological polar surface area (TPSA) is 71.7 Å². The van der Waals surface area contributed by atoms with Gasteiger partial charge in [0.2, 0.25) is 0 Å². The van der Waals surface area contributed by atoms with Crippen LogP contribution in [0.25, 0.3) is 5.52 Å². The Morgan fingerprint density at radius 1 is 1.32 bits per heavy atom. The van der Waals surface area contributed by atoms with E-state index in [1.165, 1.54) is 0 Å². The van der Waals surface area contributed by atoms with E-state index in [1.807, 2.05) is 10.5 Å². The lowest BCUT2D eigenvalue weighted by molar-refractivity contribution is 0.450. The highest BCUT2D eigenvalue weighted by molar-refractivity contribution is 7.91. The number of rotatable bonds is 2. The lowest BCUT2D eigenvalue weighted by Gasteiger charge is -2.21. The van der Waals surface area contributed by atoms with E-state index in [0.717, 1.165) is 17.8 Å². The molecule has 0 atom stereocenters. The molecule has 102 valence electrons. The van der Waals surface area contributed by atoms with E-state index in [-0.39, 0.29) is 17.3 Å². The van der Waals surface area contributed by atoms with Gasteiger partial charge in [0.05, 0.1) is 29.4 Å². The highest BCUT2D eigenvalue weighted by Crippen LogP contribution is 2.23. The van der Waals surface area contributed by atoms with Gasteiger partial charge in [0.1, 0.15) is 21.4 Å². The molecule has 0 spiro atoms. The van der Waals surface area contributed by atoms with Gasteiger partial charge in [-0.2, -0.15) is 0 Å². The SMILES string of the molecule is O=S1(=O)CCC(Cc2ncc3ccc(O)cn23)CC1. The van der Waals surface area contributed by atoms with Crippen molar-refractivity contribution >= 4 is 15.4 Å². The van der Waals surface area contributed by atoms with Crippen LogP contribution in [0.4, 0.5) is 0 Å². The summed E-state index contributed by atoms with van der Waals surface area (Å²) in [6.45, 7) is 0. The molecule has 0 saturated carbocycles. The van der Waals surface area contributed by atoms with E-state index in [9.17, 15) is 13.5 Å². The highest BCUT2D eigenvalue weighted by Gasteiger charge is 2.24. The molecule has 0 bridgehead atoms. The molecular formula is C13H16N2O3S. The van der Waals surface area contributed by atoms with Crippen molar-refractivity contribution in [1.82, 2.24) is 9.38 Å². The van der Waals surface area contributed by atoms with Crippen molar-refractivity contribution in [1.29, 1.82) is 0 Å². The number of imidazole rings is 1. The second-order valence-electron chi connectivity index (χ2n) is 5.16. The molecule has 0 radical (unpaired) electrons. The third-order valence-corrected chi connectivity index (χ3v) is 5.45. The van der Waals surface area contributed by atoms with Gasteiger partial charge in [-0.25, -0.2) is 13.4 Å². The van der Waals surface area contributed by atoms with Gasteiger partial charge in [-0.15, -0.1) is 0 Å². The molecule has 1 saturated heterocycles. The normalized spacial score (nSPS) is 19.8. The quantitative estimate of drug-likeness (QED) is 0.902. The number of fused-ring (bicyclic) bond motifs is 1. The Labute approximate surface area is 111 Å². The molecule has 0 aromatic carbocycles. The summed E-state index contributed by atoms with van der Waals surface area (Å²) in [6, 6.07) is 3.45. The smallest absolute Gasteiger partial charge is 0.150 e. The molecule has 2 aromatic rings. The second-order valence-corrected chi connectivity index (χ2v) is 7.46. The van der Waals surface area contributed by atoms with Gasteiger partial charge in [-0.3, -0.25) is 0 Å². The van der Waals surface area contributed by atoms with Crippen molar-refractivity contribution in [2.24, 2.45) is 5.92 Å². The predicted octanol–water partition coefficient (Wildman–Crippen LogP) is 1.41. The van der Waals surface area contributed by atoms with Gasteiger partial charge in [-0.05, 0) is 30.9 Å². The van der Waals surface area contributed by atoms with Crippen molar-refractivity contribution in [3.8, 4) is 5.75 Å². The first-order chi connectivity index (χ1) is 9.03. The van der Waals surface area contributed by atoms with E-state index in [1.54, 1.807) is 18.5 Å². The van der Waals surface area contributed by atoms with Crippen LogP contribution < -0.4 is 0 Å². The zero-order chi connectivity index (χ0) is 13.5. The fourth-order valence-electron chi connectivity index (χ4n) is 2.58. The minimum absolute atomic E-state index is 0.206. The average Bonchev–Trinajstić information content (AvgIpc) is 2.75. The molecule has 3 rings (SSSR count). The molecule has 1 aliphatic heterocycles. The van der Waals surface area contributed by atoms with Crippen LogP contribution in [0.1, 0.15) is 18.7 Å². The predicted molar refractivity (Wildman–Crippen MR) is 71.9 cm³/mol. The summed E-state index contributed by atoms with van der Waals surface area (Å²) in [6.07, 6.45) is 5.59. The van der Waals surface area contributed by atoms with Crippen LogP contribution in [0.15, 0.2) is 24.5 Å². The zero-order valence-corrected chi connectivity index (χ0v) is 11.3. The van der Waals surface area contributed by atoms with Crippen molar-refractivity contribution < 1.29 is 13.5 Å². The first-order valence-electron chi connectivity index (χ1n) is 6.39. The van der Waals surface area contributed by atoms with Gasteiger partial charge >= 0.3 is 0 Å². The molecule has 5 nitrogen and oxygen atoms in total. The zero-order valence-electron chi connectivity index (χ0n) is 10.5. The number of nitrogens with zero attached hydrogens (tertiary/aromatic N) is 2. The van der Waals surface area contributed by atoms with Crippen molar-refractivity contribution in [2.75, 3.05) is 11.5 Å². The van der Waals surface area contributed by atoms with Crippen molar-refractivity contribution in [3.63, 3.8) is 0 Å². The minimum atomic E-state index is -2.81. The maximum absolute atomic E-state index is 11.4. The Kier molecular flexibility index (Phi) is 2.97. The third-order valence-electron chi connectivity index (χ3n) is 3.73. The van der Waals surface area contributed by atoms with Crippen LogP contribution in [0.5, 0.6) is 5.75 Å². The molecule has 0 aliphatic carbocycles. The summed E-state index contributed by atoms with van der Waals surface area (Å²) >= 11 is 0. The van der Waals surface area contributed by atoms with Crippen LogP contribution in [0, 0.1) is 5.92 Å². The Morgan fingerprint density at radius 2 is 2.05 bits per heavy atom. The van der Waals surface area contributed by atoms with Gasteiger partial charge < -0.3 is 9.51 Å². The average molecular weight is 280 g/mol. The van der Waals surface area contributed by atoms with Crippen molar-refractivity contribution in [3.05, 3.63) is 30.4 Å². The van der Waals surface area contributed by atoms with E-state index in [4.69, 9.17) is 0 Å². The summed E-state index contributed by atoms with van der Waals surface area (Å²) in [5, 5.41) is 9.52. The molecule has 19 heavy (non-hydrogen) atoms. The first-order valence-corrected chi connectivity index (χ1v) is 8.21. The Bertz CT molecular complexity index is 692. The van der Waals surface area contributed by atoms with E-state index < -0.39 is 9.84 Å². The number of hydrogen-bond donors (Lipinski definition) is 1. The molecule has 0 unspecified atom stereocenters. The summed E-state index contributed by atoms with van der Waals surface area (Å²) in [4.78, 5) is 4.37. The van der Waals surface area contributed by atoms with Crippen LogP contribution in [0.2, 0.25) is 0 Å². The second kappa shape index (κ2) is 4.52. The fraction of sp³-hybridized carbons (Fsp3) is 0.462. The number of aromatic nitrogens is 2. The molecule has 3 heterocycles. The number of aromatic hydroxyl groups is 1.